The van der Waals surface area contributed by atoms with Crippen molar-refractivity contribution in [3.63, 3.8) is 0 Å². The fraction of sp³-hybridized carbons (Fsp3) is 0.389. The second-order valence-electron chi connectivity index (χ2n) is 5.84. The molecule has 5 heteroatoms. The van der Waals surface area contributed by atoms with Gasteiger partial charge in [-0.2, -0.15) is 0 Å². The third-order valence-corrected chi connectivity index (χ3v) is 4.27. The Kier molecular flexibility index (Phi) is 4.65. The van der Waals surface area contributed by atoms with Crippen LogP contribution in [0.4, 0.5) is 4.39 Å². The van der Waals surface area contributed by atoms with Gasteiger partial charge in [0.2, 0.25) is 5.91 Å². The number of hydrogen-bond acceptors (Lipinski definition) is 3. The van der Waals surface area contributed by atoms with Crippen LogP contribution >= 0.6 is 0 Å². The molecule has 0 unspecified atom stereocenters. The summed E-state index contributed by atoms with van der Waals surface area (Å²) < 4.78 is 13.0. The van der Waals surface area contributed by atoms with Gasteiger partial charge in [-0.1, -0.05) is 6.92 Å². The molecule has 2 aromatic rings. The molecule has 1 fully saturated rings. The van der Waals surface area contributed by atoms with Crippen molar-refractivity contribution in [3.05, 3.63) is 48.0 Å². The molecule has 0 aliphatic carbocycles. The van der Waals surface area contributed by atoms with Crippen molar-refractivity contribution in [2.24, 2.45) is 0 Å². The molecular weight excluding hydrogens is 293 g/mol. The van der Waals surface area contributed by atoms with E-state index < -0.39 is 0 Å². The zero-order valence-corrected chi connectivity index (χ0v) is 13.2. The van der Waals surface area contributed by atoms with Crippen molar-refractivity contribution in [1.29, 1.82) is 0 Å². The molecule has 1 aliphatic heterocycles. The first kappa shape index (κ1) is 15.6. The monoisotopic (exact) mass is 313 g/mol. The first-order valence-corrected chi connectivity index (χ1v) is 8.04. The molecule has 4 nitrogen and oxygen atoms in total. The standard InChI is InChI=1S/C18H20FN3O/c1-2-17(23)22-11-3-4-14(12-22)16-9-10-20-18(21-16)13-5-7-15(19)8-6-13/h5-10,14H,2-4,11-12H2,1H3/t14-/m1/s1. The van der Waals surface area contributed by atoms with Gasteiger partial charge in [0.15, 0.2) is 5.82 Å². The Morgan fingerprint density at radius 3 is 2.83 bits per heavy atom. The van der Waals surface area contributed by atoms with Crippen molar-refractivity contribution in [2.45, 2.75) is 32.1 Å². The number of carbonyl (C=O) groups excluding carboxylic acids is 1. The number of amides is 1. The number of piperidine rings is 1. The predicted octanol–water partition coefficient (Wildman–Crippen LogP) is 3.40. The summed E-state index contributed by atoms with van der Waals surface area (Å²) in [5.41, 5.74) is 1.75. The maximum absolute atomic E-state index is 13.0. The molecule has 23 heavy (non-hydrogen) atoms. The molecule has 1 aliphatic rings. The number of likely N-dealkylation sites (tertiary alicyclic amines) is 1. The molecule has 0 spiro atoms. The number of aromatic nitrogens is 2. The van der Waals surface area contributed by atoms with Gasteiger partial charge < -0.3 is 4.90 Å². The van der Waals surface area contributed by atoms with E-state index in [1.54, 1.807) is 18.3 Å². The fourth-order valence-corrected chi connectivity index (χ4v) is 3.01. The Bertz CT molecular complexity index is 687. The Balaban J connectivity index is 1.82. The second kappa shape index (κ2) is 6.86. The van der Waals surface area contributed by atoms with Crippen molar-refractivity contribution >= 4 is 5.91 Å². The van der Waals surface area contributed by atoms with Crippen molar-refractivity contribution in [3.8, 4) is 11.4 Å². The van der Waals surface area contributed by atoms with Gasteiger partial charge in [0.25, 0.3) is 0 Å². The van der Waals surface area contributed by atoms with Crippen LogP contribution in [0.1, 0.15) is 37.8 Å². The maximum Gasteiger partial charge on any atom is 0.222 e. The summed E-state index contributed by atoms with van der Waals surface area (Å²) in [6.07, 6.45) is 4.29. The minimum absolute atomic E-state index is 0.197. The quantitative estimate of drug-likeness (QED) is 0.872. The Morgan fingerprint density at radius 2 is 2.09 bits per heavy atom. The van der Waals surface area contributed by atoms with Gasteiger partial charge in [-0.25, -0.2) is 14.4 Å². The maximum atomic E-state index is 13.0. The van der Waals surface area contributed by atoms with Crippen LogP contribution in [0.2, 0.25) is 0 Å². The lowest BCUT2D eigenvalue weighted by molar-refractivity contribution is -0.132. The van der Waals surface area contributed by atoms with Crippen LogP contribution in [0.5, 0.6) is 0 Å². The van der Waals surface area contributed by atoms with E-state index in [1.807, 2.05) is 17.9 Å². The lowest BCUT2D eigenvalue weighted by atomic mass is 9.94. The molecular formula is C18H20FN3O. The van der Waals surface area contributed by atoms with Crippen LogP contribution in [-0.2, 0) is 4.79 Å². The van der Waals surface area contributed by atoms with Crippen LogP contribution in [0, 0.1) is 5.82 Å². The van der Waals surface area contributed by atoms with E-state index in [1.165, 1.54) is 12.1 Å². The zero-order chi connectivity index (χ0) is 16.2. The highest BCUT2D eigenvalue weighted by Gasteiger charge is 2.25. The Hall–Kier alpha value is -2.30. The molecule has 1 amide bonds. The highest BCUT2D eigenvalue weighted by atomic mass is 19.1. The van der Waals surface area contributed by atoms with Gasteiger partial charge >= 0.3 is 0 Å². The highest BCUT2D eigenvalue weighted by Crippen LogP contribution is 2.27. The third kappa shape index (κ3) is 3.55. The van der Waals surface area contributed by atoms with Crippen molar-refractivity contribution in [1.82, 2.24) is 14.9 Å². The molecule has 120 valence electrons. The summed E-state index contributed by atoms with van der Waals surface area (Å²) in [7, 11) is 0. The van der Waals surface area contributed by atoms with Crippen molar-refractivity contribution in [2.75, 3.05) is 13.1 Å². The average molecular weight is 313 g/mol. The fourth-order valence-electron chi connectivity index (χ4n) is 3.01. The molecule has 1 aromatic carbocycles. The summed E-state index contributed by atoms with van der Waals surface area (Å²) in [5, 5.41) is 0. The molecule has 3 rings (SSSR count). The van der Waals surface area contributed by atoms with E-state index in [2.05, 4.69) is 9.97 Å². The largest absolute Gasteiger partial charge is 0.342 e. The molecule has 0 N–H and O–H groups in total. The predicted molar refractivity (Wildman–Crippen MR) is 86.3 cm³/mol. The average Bonchev–Trinajstić information content (AvgIpc) is 2.62. The summed E-state index contributed by atoms with van der Waals surface area (Å²) in [6, 6.07) is 8.10. The summed E-state index contributed by atoms with van der Waals surface area (Å²) >= 11 is 0. The first-order valence-electron chi connectivity index (χ1n) is 8.04. The number of hydrogen-bond donors (Lipinski definition) is 0. The van der Waals surface area contributed by atoms with Crippen LogP contribution in [0.3, 0.4) is 0 Å². The molecule has 0 saturated carbocycles. The third-order valence-electron chi connectivity index (χ3n) is 4.27. The Labute approximate surface area is 135 Å². The van der Waals surface area contributed by atoms with Crippen molar-refractivity contribution < 1.29 is 9.18 Å². The highest BCUT2D eigenvalue weighted by molar-refractivity contribution is 5.76. The lowest BCUT2D eigenvalue weighted by Crippen LogP contribution is -2.38. The van der Waals surface area contributed by atoms with Crippen LogP contribution < -0.4 is 0 Å². The van der Waals surface area contributed by atoms with E-state index in [-0.39, 0.29) is 17.6 Å². The van der Waals surface area contributed by atoms with Gasteiger partial charge in [0.1, 0.15) is 5.82 Å². The molecule has 1 saturated heterocycles. The van der Waals surface area contributed by atoms with Crippen LogP contribution in [0.15, 0.2) is 36.5 Å². The lowest BCUT2D eigenvalue weighted by Gasteiger charge is -2.32. The summed E-state index contributed by atoms with van der Waals surface area (Å²) in [6.45, 7) is 3.44. The zero-order valence-electron chi connectivity index (χ0n) is 13.2. The second-order valence-corrected chi connectivity index (χ2v) is 5.84. The van der Waals surface area contributed by atoms with E-state index in [9.17, 15) is 9.18 Å². The minimum Gasteiger partial charge on any atom is -0.342 e. The summed E-state index contributed by atoms with van der Waals surface area (Å²) in [4.78, 5) is 22.8. The number of halogens is 1. The topological polar surface area (TPSA) is 46.1 Å². The van der Waals surface area contributed by atoms with Crippen LogP contribution in [-0.4, -0.2) is 33.9 Å². The first-order chi connectivity index (χ1) is 11.2. The van der Waals surface area contributed by atoms with Crippen LogP contribution in [0.25, 0.3) is 11.4 Å². The van der Waals surface area contributed by atoms with E-state index in [4.69, 9.17) is 0 Å². The Morgan fingerprint density at radius 1 is 1.30 bits per heavy atom. The molecule has 1 aromatic heterocycles. The molecule has 0 radical (unpaired) electrons. The molecule has 2 heterocycles. The number of rotatable bonds is 3. The van der Waals surface area contributed by atoms with Gasteiger partial charge in [0, 0.05) is 42.9 Å². The van der Waals surface area contributed by atoms with Gasteiger partial charge in [-0.15, -0.1) is 0 Å². The number of nitrogens with zero attached hydrogens (tertiary/aromatic N) is 3. The summed E-state index contributed by atoms with van der Waals surface area (Å²) in [5.74, 6) is 0.760. The van der Waals surface area contributed by atoms with E-state index in [0.29, 0.717) is 18.8 Å². The number of benzene rings is 1. The van der Waals surface area contributed by atoms with E-state index in [0.717, 1.165) is 30.6 Å². The normalized spacial score (nSPS) is 18.0. The molecule has 0 bridgehead atoms. The van der Waals surface area contributed by atoms with E-state index >= 15 is 0 Å². The molecule has 1 atom stereocenters. The smallest absolute Gasteiger partial charge is 0.222 e. The minimum atomic E-state index is -0.272. The number of carbonyl (C=O) groups is 1. The van der Waals surface area contributed by atoms with Gasteiger partial charge in [-0.3, -0.25) is 4.79 Å². The van der Waals surface area contributed by atoms with Gasteiger partial charge in [-0.05, 0) is 43.2 Å². The van der Waals surface area contributed by atoms with Gasteiger partial charge in [0.05, 0.1) is 0 Å². The SMILES string of the molecule is CCC(=O)N1CCC[C@@H](c2ccnc(-c3ccc(F)cc3)n2)C1.